The predicted octanol–water partition coefficient (Wildman–Crippen LogP) is 5.25. The molecule has 0 aromatic heterocycles. The summed E-state index contributed by atoms with van der Waals surface area (Å²) in [7, 11) is 0. The number of allylic oxidation sites excluding steroid dienone is 2. The summed E-state index contributed by atoms with van der Waals surface area (Å²) >= 11 is 3.79. The van der Waals surface area contributed by atoms with Crippen molar-refractivity contribution in [1.82, 2.24) is 0 Å². The second-order valence-electron chi connectivity index (χ2n) is 6.54. The van der Waals surface area contributed by atoms with Gasteiger partial charge in [-0.15, -0.1) is 0 Å². The van der Waals surface area contributed by atoms with Crippen molar-refractivity contribution >= 4 is 22.2 Å². The first-order valence-electron chi connectivity index (χ1n) is 7.49. The Hall–Kier alpha value is -1.67. The Morgan fingerprint density at radius 1 is 0.909 bits per heavy atom. The van der Waals surface area contributed by atoms with Crippen molar-refractivity contribution in [3.63, 3.8) is 0 Å². The second kappa shape index (κ2) is 5.51. The normalized spacial score (nSPS) is 19.2. The molecule has 0 saturated carbocycles. The van der Waals surface area contributed by atoms with Gasteiger partial charge < -0.3 is 0 Å². The van der Waals surface area contributed by atoms with E-state index in [1.165, 1.54) is 11.1 Å². The van der Waals surface area contributed by atoms with E-state index in [9.17, 15) is 4.79 Å². The van der Waals surface area contributed by atoms with Gasteiger partial charge in [-0.05, 0) is 23.0 Å². The molecule has 0 unspecified atom stereocenters. The molecular weight excluding hydrogens is 336 g/mol. The fourth-order valence-corrected chi connectivity index (χ4v) is 4.87. The van der Waals surface area contributed by atoms with Gasteiger partial charge in [0, 0.05) is 10.1 Å². The van der Waals surface area contributed by atoms with Crippen LogP contribution in [-0.4, -0.2) is 6.29 Å². The van der Waals surface area contributed by atoms with Gasteiger partial charge in [0.05, 0.1) is 5.41 Å². The third-order valence-corrected chi connectivity index (χ3v) is 5.80. The molecule has 2 aromatic carbocycles. The van der Waals surface area contributed by atoms with Crippen LogP contribution in [-0.2, 0) is 10.2 Å². The summed E-state index contributed by atoms with van der Waals surface area (Å²) < 4.78 is 0.998. The van der Waals surface area contributed by atoms with Gasteiger partial charge in [0.25, 0.3) is 0 Å². The van der Waals surface area contributed by atoms with Crippen LogP contribution in [0.15, 0.2) is 70.7 Å². The number of benzene rings is 2. The topological polar surface area (TPSA) is 17.1 Å². The molecule has 0 heterocycles. The van der Waals surface area contributed by atoms with Crippen LogP contribution in [0.5, 0.6) is 0 Å². The van der Waals surface area contributed by atoms with E-state index in [0.717, 1.165) is 22.8 Å². The SMILES string of the molecule is CC1(C)CC(c2ccccc2)(c2ccccc2)C(Br)=C1C=O. The summed E-state index contributed by atoms with van der Waals surface area (Å²) in [6.45, 7) is 4.29. The molecule has 0 aliphatic heterocycles. The van der Waals surface area contributed by atoms with E-state index in [1.54, 1.807) is 0 Å². The molecule has 1 aliphatic carbocycles. The number of hydrogen-bond acceptors (Lipinski definition) is 1. The van der Waals surface area contributed by atoms with E-state index in [4.69, 9.17) is 0 Å². The minimum Gasteiger partial charge on any atom is -0.298 e. The van der Waals surface area contributed by atoms with Gasteiger partial charge in [-0.1, -0.05) is 90.4 Å². The molecule has 0 spiro atoms. The Morgan fingerprint density at radius 2 is 1.36 bits per heavy atom. The molecule has 0 saturated heterocycles. The highest BCUT2D eigenvalue weighted by Crippen LogP contribution is 2.58. The summed E-state index contributed by atoms with van der Waals surface area (Å²) in [5.41, 5.74) is 2.85. The van der Waals surface area contributed by atoms with Crippen molar-refractivity contribution in [1.29, 1.82) is 0 Å². The molecule has 1 nitrogen and oxygen atoms in total. The first-order valence-corrected chi connectivity index (χ1v) is 8.28. The van der Waals surface area contributed by atoms with Crippen LogP contribution in [0, 0.1) is 5.41 Å². The Bertz CT molecular complexity index is 674. The maximum absolute atomic E-state index is 11.7. The molecule has 112 valence electrons. The van der Waals surface area contributed by atoms with E-state index < -0.39 is 0 Å². The van der Waals surface area contributed by atoms with Gasteiger partial charge in [-0.25, -0.2) is 0 Å². The summed E-state index contributed by atoms with van der Waals surface area (Å²) in [5.74, 6) is 0. The van der Waals surface area contributed by atoms with Crippen LogP contribution >= 0.6 is 15.9 Å². The number of carbonyl (C=O) groups excluding carboxylic acids is 1. The summed E-state index contributed by atoms with van der Waals surface area (Å²) in [6.07, 6.45) is 1.89. The van der Waals surface area contributed by atoms with Gasteiger partial charge in [-0.2, -0.15) is 0 Å². The minimum atomic E-state index is -0.289. The monoisotopic (exact) mass is 354 g/mol. The lowest BCUT2D eigenvalue weighted by molar-refractivity contribution is -0.105. The molecule has 0 atom stereocenters. The van der Waals surface area contributed by atoms with Crippen LogP contribution in [0.4, 0.5) is 0 Å². The standard InChI is InChI=1S/C20H19BrO/c1-19(2)14-20(18(21)17(19)13-22,15-9-5-3-6-10-15)16-11-7-4-8-12-16/h3-13H,14H2,1-2H3. The van der Waals surface area contributed by atoms with Gasteiger partial charge in [0.2, 0.25) is 0 Å². The number of carbonyl (C=O) groups is 1. The van der Waals surface area contributed by atoms with E-state index in [1.807, 2.05) is 12.1 Å². The highest BCUT2D eigenvalue weighted by Gasteiger charge is 2.50. The molecule has 2 heteroatoms. The zero-order valence-corrected chi connectivity index (χ0v) is 14.4. The van der Waals surface area contributed by atoms with Crippen LogP contribution < -0.4 is 0 Å². The molecule has 2 aromatic rings. The third-order valence-electron chi connectivity index (χ3n) is 4.70. The average molecular weight is 355 g/mol. The van der Waals surface area contributed by atoms with Crippen molar-refractivity contribution in [3.8, 4) is 0 Å². The number of rotatable bonds is 3. The van der Waals surface area contributed by atoms with E-state index >= 15 is 0 Å². The maximum atomic E-state index is 11.7. The largest absolute Gasteiger partial charge is 0.298 e. The second-order valence-corrected chi connectivity index (χ2v) is 7.34. The van der Waals surface area contributed by atoms with Crippen LogP contribution in [0.1, 0.15) is 31.4 Å². The van der Waals surface area contributed by atoms with Crippen molar-refractivity contribution in [2.45, 2.75) is 25.7 Å². The lowest BCUT2D eigenvalue weighted by atomic mass is 9.70. The Balaban J connectivity index is 2.32. The average Bonchev–Trinajstić information content (AvgIpc) is 2.75. The molecule has 0 N–H and O–H groups in total. The summed E-state index contributed by atoms with van der Waals surface area (Å²) in [5, 5.41) is 0. The predicted molar refractivity (Wildman–Crippen MR) is 94.1 cm³/mol. The molecular formula is C20H19BrO. The van der Waals surface area contributed by atoms with E-state index in [-0.39, 0.29) is 10.8 Å². The van der Waals surface area contributed by atoms with Crippen molar-refractivity contribution < 1.29 is 4.79 Å². The van der Waals surface area contributed by atoms with Gasteiger partial charge in [0.15, 0.2) is 0 Å². The first kappa shape index (κ1) is 15.2. The zero-order valence-electron chi connectivity index (χ0n) is 12.8. The summed E-state index contributed by atoms with van der Waals surface area (Å²) in [4.78, 5) is 11.7. The third kappa shape index (κ3) is 2.17. The van der Waals surface area contributed by atoms with Crippen molar-refractivity contribution in [2.75, 3.05) is 0 Å². The van der Waals surface area contributed by atoms with Gasteiger partial charge >= 0.3 is 0 Å². The fraction of sp³-hybridized carbons (Fsp3) is 0.250. The maximum Gasteiger partial charge on any atom is 0.147 e. The lowest BCUT2D eigenvalue weighted by Gasteiger charge is -2.34. The molecule has 0 radical (unpaired) electrons. The Labute approximate surface area is 140 Å². The molecule has 0 fully saturated rings. The van der Waals surface area contributed by atoms with Crippen molar-refractivity contribution in [3.05, 3.63) is 81.8 Å². The molecule has 22 heavy (non-hydrogen) atoms. The highest BCUT2D eigenvalue weighted by atomic mass is 79.9. The fourth-order valence-electron chi connectivity index (χ4n) is 3.64. The van der Waals surface area contributed by atoms with Gasteiger partial charge in [0.1, 0.15) is 6.29 Å². The van der Waals surface area contributed by atoms with Crippen LogP contribution in [0.3, 0.4) is 0 Å². The molecule has 0 amide bonds. The number of halogens is 1. The minimum absolute atomic E-state index is 0.160. The highest BCUT2D eigenvalue weighted by molar-refractivity contribution is 9.11. The Morgan fingerprint density at radius 3 is 1.73 bits per heavy atom. The Kier molecular flexibility index (Phi) is 3.82. The molecule has 1 aliphatic rings. The van der Waals surface area contributed by atoms with Gasteiger partial charge in [-0.3, -0.25) is 4.79 Å². The summed E-state index contributed by atoms with van der Waals surface area (Å²) in [6, 6.07) is 20.9. The lowest BCUT2D eigenvalue weighted by Crippen LogP contribution is -2.28. The first-order chi connectivity index (χ1) is 10.5. The zero-order chi connectivity index (χ0) is 15.8. The number of aldehydes is 1. The van der Waals surface area contributed by atoms with Crippen molar-refractivity contribution in [2.24, 2.45) is 5.41 Å². The van der Waals surface area contributed by atoms with E-state index in [0.29, 0.717) is 0 Å². The van der Waals surface area contributed by atoms with Crippen LogP contribution in [0.25, 0.3) is 0 Å². The molecule has 0 bridgehead atoms. The quantitative estimate of drug-likeness (QED) is 0.687. The smallest absolute Gasteiger partial charge is 0.147 e. The van der Waals surface area contributed by atoms with E-state index in [2.05, 4.69) is 78.3 Å². The number of hydrogen-bond donors (Lipinski definition) is 0. The van der Waals surface area contributed by atoms with Crippen LogP contribution in [0.2, 0.25) is 0 Å². The molecule has 3 rings (SSSR count).